The first-order chi connectivity index (χ1) is 8.56. The van der Waals surface area contributed by atoms with Crippen molar-refractivity contribution in [3.63, 3.8) is 0 Å². The molecule has 0 aliphatic carbocycles. The van der Waals surface area contributed by atoms with Gasteiger partial charge >= 0.3 is 5.97 Å². The maximum Gasteiger partial charge on any atom is 0.306 e. The largest absolute Gasteiger partial charge is 0.496 e. The number of esters is 1. The minimum atomic E-state index is -0.161. The van der Waals surface area contributed by atoms with Gasteiger partial charge in [0, 0.05) is 16.6 Å². The average molecular weight is 268 g/mol. The third kappa shape index (κ3) is 4.61. The number of ether oxygens (including phenoxy) is 2. The Balaban J connectivity index is 2.57. The summed E-state index contributed by atoms with van der Waals surface area (Å²) in [5.41, 5.74) is 2.38. The van der Waals surface area contributed by atoms with E-state index in [-0.39, 0.29) is 11.2 Å². The zero-order valence-electron chi connectivity index (χ0n) is 11.4. The fraction of sp³-hybridized carbons (Fsp3) is 0.500. The van der Waals surface area contributed by atoms with Crippen LogP contribution in [0.4, 0.5) is 0 Å². The summed E-state index contributed by atoms with van der Waals surface area (Å²) in [6.07, 6.45) is 0.440. The van der Waals surface area contributed by atoms with Crippen LogP contribution in [0.3, 0.4) is 0 Å². The lowest BCUT2D eigenvalue weighted by atomic mass is 10.1. The van der Waals surface area contributed by atoms with E-state index in [1.807, 2.05) is 19.1 Å². The molecule has 1 atom stereocenters. The van der Waals surface area contributed by atoms with Crippen LogP contribution in [0, 0.1) is 6.92 Å². The third-order valence-electron chi connectivity index (χ3n) is 2.64. The molecule has 1 aromatic carbocycles. The van der Waals surface area contributed by atoms with E-state index in [4.69, 9.17) is 4.74 Å². The molecule has 0 saturated carbocycles. The fourth-order valence-corrected chi connectivity index (χ4v) is 2.57. The van der Waals surface area contributed by atoms with Gasteiger partial charge in [0.15, 0.2) is 0 Å². The van der Waals surface area contributed by atoms with Crippen molar-refractivity contribution in [3.8, 4) is 5.75 Å². The second kappa shape index (κ2) is 7.31. The predicted molar refractivity (Wildman–Crippen MR) is 75.1 cm³/mol. The van der Waals surface area contributed by atoms with Crippen LogP contribution in [-0.2, 0) is 15.3 Å². The summed E-state index contributed by atoms with van der Waals surface area (Å²) in [5, 5.41) is 0.239. The first-order valence-electron chi connectivity index (χ1n) is 5.88. The van der Waals surface area contributed by atoms with Crippen molar-refractivity contribution in [2.45, 2.75) is 31.3 Å². The maximum absolute atomic E-state index is 11.2. The van der Waals surface area contributed by atoms with Crippen LogP contribution < -0.4 is 4.74 Å². The SMILES string of the molecule is COC(=O)CC(C)SCc1cc(C)ccc1OC. The van der Waals surface area contributed by atoms with Gasteiger partial charge in [-0.1, -0.05) is 24.6 Å². The standard InChI is InChI=1S/C14H20O3S/c1-10-5-6-13(16-3)12(7-10)9-18-11(2)8-14(15)17-4/h5-7,11H,8-9H2,1-4H3. The van der Waals surface area contributed by atoms with E-state index in [0.717, 1.165) is 11.5 Å². The summed E-state index contributed by atoms with van der Waals surface area (Å²) in [6.45, 7) is 4.09. The van der Waals surface area contributed by atoms with Crippen molar-refractivity contribution in [2.24, 2.45) is 0 Å². The molecular formula is C14H20O3S. The number of aryl methyl sites for hydroxylation is 1. The monoisotopic (exact) mass is 268 g/mol. The molecule has 0 aliphatic heterocycles. The molecule has 3 nitrogen and oxygen atoms in total. The number of rotatable bonds is 6. The molecule has 1 aromatic rings. The molecule has 0 bridgehead atoms. The smallest absolute Gasteiger partial charge is 0.306 e. The van der Waals surface area contributed by atoms with Crippen LogP contribution in [0.2, 0.25) is 0 Å². The zero-order chi connectivity index (χ0) is 13.5. The Bertz CT molecular complexity index is 404. The third-order valence-corrected chi connectivity index (χ3v) is 3.85. The van der Waals surface area contributed by atoms with Crippen molar-refractivity contribution in [1.82, 2.24) is 0 Å². The molecule has 0 saturated heterocycles. The molecule has 0 aromatic heterocycles. The van der Waals surface area contributed by atoms with Crippen molar-refractivity contribution in [1.29, 1.82) is 0 Å². The topological polar surface area (TPSA) is 35.5 Å². The van der Waals surface area contributed by atoms with Crippen molar-refractivity contribution in [2.75, 3.05) is 14.2 Å². The summed E-state index contributed by atoms with van der Waals surface area (Å²) >= 11 is 1.73. The van der Waals surface area contributed by atoms with Crippen molar-refractivity contribution >= 4 is 17.7 Å². The molecule has 1 rings (SSSR count). The highest BCUT2D eigenvalue weighted by molar-refractivity contribution is 7.99. The molecule has 0 N–H and O–H groups in total. The number of carbonyl (C=O) groups excluding carboxylic acids is 1. The maximum atomic E-state index is 11.2. The predicted octanol–water partition coefficient (Wildman–Crippen LogP) is 3.19. The summed E-state index contributed by atoms with van der Waals surface area (Å²) in [7, 11) is 3.10. The van der Waals surface area contributed by atoms with Crippen molar-refractivity contribution < 1.29 is 14.3 Å². The van der Waals surface area contributed by atoms with Crippen LogP contribution in [0.25, 0.3) is 0 Å². The quantitative estimate of drug-likeness (QED) is 0.742. The molecule has 100 valence electrons. The molecule has 0 spiro atoms. The zero-order valence-corrected chi connectivity index (χ0v) is 12.2. The van der Waals surface area contributed by atoms with Crippen LogP contribution in [0.1, 0.15) is 24.5 Å². The lowest BCUT2D eigenvalue weighted by Crippen LogP contribution is -2.08. The Morgan fingerprint density at radius 3 is 2.72 bits per heavy atom. The summed E-state index contributed by atoms with van der Waals surface area (Å²) in [6, 6.07) is 6.14. The number of methoxy groups -OCH3 is 2. The van der Waals surface area contributed by atoms with E-state index in [1.54, 1.807) is 18.9 Å². The van der Waals surface area contributed by atoms with Gasteiger partial charge in [-0.3, -0.25) is 4.79 Å². The highest BCUT2D eigenvalue weighted by Gasteiger charge is 2.11. The first-order valence-corrected chi connectivity index (χ1v) is 6.93. The molecule has 0 fully saturated rings. The summed E-state index contributed by atoms with van der Waals surface area (Å²) in [4.78, 5) is 11.2. The Labute approximate surface area is 113 Å². The highest BCUT2D eigenvalue weighted by Crippen LogP contribution is 2.27. The van der Waals surface area contributed by atoms with E-state index in [1.165, 1.54) is 18.2 Å². The summed E-state index contributed by atoms with van der Waals surface area (Å²) in [5.74, 6) is 1.58. The second-order valence-electron chi connectivity index (χ2n) is 4.22. The van der Waals surface area contributed by atoms with Gasteiger partial charge < -0.3 is 9.47 Å². The number of carbonyl (C=O) groups is 1. The molecule has 0 amide bonds. The minimum Gasteiger partial charge on any atom is -0.496 e. The van der Waals surface area contributed by atoms with Gasteiger partial charge in [0.25, 0.3) is 0 Å². The minimum absolute atomic E-state index is 0.161. The van der Waals surface area contributed by atoms with Crippen LogP contribution in [0.15, 0.2) is 18.2 Å². The first kappa shape index (κ1) is 14.9. The molecular weight excluding hydrogens is 248 g/mol. The van der Waals surface area contributed by atoms with E-state index >= 15 is 0 Å². The molecule has 0 radical (unpaired) electrons. The number of benzene rings is 1. The van der Waals surface area contributed by atoms with E-state index in [2.05, 4.69) is 17.7 Å². The Hall–Kier alpha value is -1.16. The lowest BCUT2D eigenvalue weighted by molar-refractivity contribution is -0.140. The Morgan fingerprint density at radius 2 is 2.11 bits per heavy atom. The van der Waals surface area contributed by atoms with Crippen LogP contribution in [-0.4, -0.2) is 25.4 Å². The van der Waals surface area contributed by atoms with Gasteiger partial charge in [-0.25, -0.2) is 0 Å². The van der Waals surface area contributed by atoms with Gasteiger partial charge in [-0.2, -0.15) is 11.8 Å². The Morgan fingerprint density at radius 1 is 1.39 bits per heavy atom. The second-order valence-corrected chi connectivity index (χ2v) is 5.64. The van der Waals surface area contributed by atoms with E-state index in [0.29, 0.717) is 6.42 Å². The van der Waals surface area contributed by atoms with Gasteiger partial charge in [0.05, 0.1) is 20.6 Å². The molecule has 0 heterocycles. The van der Waals surface area contributed by atoms with Gasteiger partial charge in [-0.05, 0) is 13.0 Å². The fourth-order valence-electron chi connectivity index (χ4n) is 1.63. The molecule has 18 heavy (non-hydrogen) atoms. The Kier molecular flexibility index (Phi) is 6.05. The molecule has 4 heteroatoms. The van der Waals surface area contributed by atoms with Crippen LogP contribution >= 0.6 is 11.8 Å². The van der Waals surface area contributed by atoms with E-state index in [9.17, 15) is 4.79 Å². The average Bonchev–Trinajstić information content (AvgIpc) is 2.36. The number of hydrogen-bond acceptors (Lipinski definition) is 4. The molecule has 0 aliphatic rings. The van der Waals surface area contributed by atoms with Gasteiger partial charge in [0.1, 0.15) is 5.75 Å². The highest BCUT2D eigenvalue weighted by atomic mass is 32.2. The van der Waals surface area contributed by atoms with Gasteiger partial charge in [-0.15, -0.1) is 0 Å². The number of hydrogen-bond donors (Lipinski definition) is 0. The number of thioether (sulfide) groups is 1. The van der Waals surface area contributed by atoms with Crippen LogP contribution in [0.5, 0.6) is 5.75 Å². The summed E-state index contributed by atoms with van der Waals surface area (Å²) < 4.78 is 9.99. The lowest BCUT2D eigenvalue weighted by Gasteiger charge is -2.12. The van der Waals surface area contributed by atoms with Crippen molar-refractivity contribution in [3.05, 3.63) is 29.3 Å². The normalized spacial score (nSPS) is 12.0. The molecule has 1 unspecified atom stereocenters. The van der Waals surface area contributed by atoms with E-state index < -0.39 is 0 Å². The van der Waals surface area contributed by atoms with Gasteiger partial charge in [0.2, 0.25) is 0 Å².